The maximum absolute atomic E-state index is 10.7. The second kappa shape index (κ2) is 4.27. The van der Waals surface area contributed by atoms with Crippen molar-refractivity contribution >= 4 is 17.3 Å². The number of halogens is 1. The Morgan fingerprint density at radius 2 is 2.00 bits per heavy atom. The molecule has 0 spiro atoms. The van der Waals surface area contributed by atoms with Gasteiger partial charge in [-0.05, 0) is 10.0 Å². The number of nitrogens with zero attached hydrogens (tertiary/aromatic N) is 5. The molecule has 0 unspecified atom stereocenters. The van der Waals surface area contributed by atoms with Gasteiger partial charge in [0.05, 0.1) is 21.1 Å². The van der Waals surface area contributed by atoms with Crippen LogP contribution in [0, 0.1) is 10.1 Å². The number of nitro groups is 1. The zero-order valence-electron chi connectivity index (χ0n) is 9.66. The van der Waals surface area contributed by atoms with Crippen LogP contribution in [0.4, 0.5) is 11.6 Å². The van der Waals surface area contributed by atoms with E-state index in [1.54, 1.807) is 6.07 Å². The third-order valence-corrected chi connectivity index (χ3v) is 2.20. The number of aromatic nitrogens is 3. The highest BCUT2D eigenvalue weighted by Crippen LogP contribution is 2.18. The van der Waals surface area contributed by atoms with E-state index in [0.29, 0.717) is 10.1 Å². The first-order valence-electron chi connectivity index (χ1n) is 4.71. The number of rotatable bonds is 2. The lowest BCUT2D eigenvalue weighted by atomic mass is 10.4. The fourth-order valence-electron chi connectivity index (χ4n) is 1.33. The molecule has 0 aromatic carbocycles. The molecule has 0 atom stereocenters. The molecule has 2 rings (SSSR count). The molecule has 0 aliphatic heterocycles. The number of quaternary nitrogens is 1. The van der Waals surface area contributed by atoms with Crippen LogP contribution in [0.15, 0.2) is 18.3 Å². The summed E-state index contributed by atoms with van der Waals surface area (Å²) in [6, 6.07) is 3.53. The summed E-state index contributed by atoms with van der Waals surface area (Å²) in [5.74, 6) is 0.610. The fraction of sp³-hybridized carbons (Fsp3) is 0.333. The molecule has 8 heteroatoms. The molecule has 2 heterocycles. The number of hydrogen-bond donors (Lipinski definition) is 0. The topological polar surface area (TPSA) is 73.3 Å². The molecule has 0 radical (unpaired) electrons. The lowest BCUT2D eigenvalue weighted by Crippen LogP contribution is -3.00. The van der Waals surface area contributed by atoms with Gasteiger partial charge in [-0.2, -0.15) is 0 Å². The monoisotopic (exact) mass is 257 g/mol. The first kappa shape index (κ1) is 13.3. The van der Waals surface area contributed by atoms with E-state index in [1.807, 2.05) is 27.2 Å². The molecule has 0 aliphatic rings. The van der Waals surface area contributed by atoms with Crippen LogP contribution in [-0.2, 0) is 0 Å². The van der Waals surface area contributed by atoms with Crippen LogP contribution in [-0.4, -0.2) is 40.7 Å². The Morgan fingerprint density at radius 3 is 2.53 bits per heavy atom. The molecule has 2 aromatic heterocycles. The van der Waals surface area contributed by atoms with Crippen molar-refractivity contribution in [3.8, 4) is 0 Å². The Morgan fingerprint density at radius 1 is 1.35 bits per heavy atom. The van der Waals surface area contributed by atoms with Gasteiger partial charge in [-0.25, -0.2) is 4.98 Å². The summed E-state index contributed by atoms with van der Waals surface area (Å²) in [4.78, 5) is 14.2. The zero-order chi connectivity index (χ0) is 11.9. The van der Waals surface area contributed by atoms with E-state index in [9.17, 15) is 10.1 Å². The number of hydrogen-bond acceptors (Lipinski definition) is 4. The van der Waals surface area contributed by atoms with Crippen molar-refractivity contribution < 1.29 is 17.3 Å². The molecule has 0 saturated heterocycles. The highest BCUT2D eigenvalue weighted by atomic mass is 35.5. The molecule has 7 nitrogen and oxygen atoms in total. The van der Waals surface area contributed by atoms with Gasteiger partial charge in [0.1, 0.15) is 6.20 Å². The van der Waals surface area contributed by atoms with Gasteiger partial charge in [-0.15, -0.1) is 0 Å². The zero-order valence-corrected chi connectivity index (χ0v) is 10.4. The second-order valence-corrected chi connectivity index (χ2v) is 4.35. The van der Waals surface area contributed by atoms with Crippen LogP contribution in [0.3, 0.4) is 0 Å². The van der Waals surface area contributed by atoms with Crippen molar-refractivity contribution in [2.75, 3.05) is 21.1 Å². The summed E-state index contributed by atoms with van der Waals surface area (Å²) in [7, 11) is 5.82. The van der Waals surface area contributed by atoms with Gasteiger partial charge < -0.3 is 22.5 Å². The smallest absolute Gasteiger partial charge is 0.368 e. The van der Waals surface area contributed by atoms with E-state index in [2.05, 4.69) is 10.1 Å². The predicted octanol–water partition coefficient (Wildman–Crippen LogP) is -2.16. The van der Waals surface area contributed by atoms with Crippen molar-refractivity contribution in [3.05, 3.63) is 28.4 Å². The van der Waals surface area contributed by atoms with Gasteiger partial charge in [0.15, 0.2) is 0 Å². The van der Waals surface area contributed by atoms with Crippen LogP contribution in [0.2, 0.25) is 0 Å². The molecule has 0 saturated carbocycles. The van der Waals surface area contributed by atoms with Crippen molar-refractivity contribution in [1.82, 2.24) is 19.1 Å². The van der Waals surface area contributed by atoms with Crippen molar-refractivity contribution in [3.63, 3.8) is 0 Å². The lowest BCUT2D eigenvalue weighted by molar-refractivity contribution is -0.391. The molecule has 2 aromatic rings. The molecule has 0 amide bonds. The van der Waals surface area contributed by atoms with Gasteiger partial charge in [-0.1, -0.05) is 4.52 Å². The van der Waals surface area contributed by atoms with Gasteiger partial charge in [0, 0.05) is 12.1 Å². The Bertz CT molecular complexity index is 560. The van der Waals surface area contributed by atoms with Gasteiger partial charge in [0.25, 0.3) is 5.82 Å². The third kappa shape index (κ3) is 2.34. The Hall–Kier alpha value is -1.73. The Balaban J connectivity index is 0.00000144. The SMILES string of the molecule is C[N+](C)(C)c1ccc2ncc([N+](=O)[O-])n2n1.[Cl-]. The second-order valence-electron chi connectivity index (χ2n) is 4.35. The molecular weight excluding hydrogens is 246 g/mol. The molecule has 0 fully saturated rings. The third-order valence-electron chi connectivity index (χ3n) is 2.20. The summed E-state index contributed by atoms with van der Waals surface area (Å²) < 4.78 is 1.74. The summed E-state index contributed by atoms with van der Waals surface area (Å²) in [6.07, 6.45) is 1.21. The van der Waals surface area contributed by atoms with E-state index in [1.165, 1.54) is 10.7 Å². The maximum atomic E-state index is 10.7. The number of fused-ring (bicyclic) bond motifs is 1. The molecule has 92 valence electrons. The minimum atomic E-state index is -0.494. The minimum absolute atomic E-state index is 0. The van der Waals surface area contributed by atoms with Crippen LogP contribution < -0.4 is 16.9 Å². The maximum Gasteiger partial charge on any atom is 0.368 e. The fourth-order valence-corrected chi connectivity index (χ4v) is 1.33. The van der Waals surface area contributed by atoms with Crippen LogP contribution in [0.25, 0.3) is 5.65 Å². The van der Waals surface area contributed by atoms with Crippen molar-refractivity contribution in [2.24, 2.45) is 0 Å². The first-order chi connectivity index (χ1) is 7.39. The standard InChI is InChI=1S/C9H12N5O2.ClH/c1-14(2,3)8-5-4-7-10-6-9(13(15)16)12(7)11-8;/h4-6H,1-3H3;1H/q+1;/p-1. The first-order valence-corrected chi connectivity index (χ1v) is 4.71. The molecular formula is C9H12ClN5O2. The van der Waals surface area contributed by atoms with Gasteiger partial charge in [-0.3, -0.25) is 4.48 Å². The Kier molecular flexibility index (Phi) is 3.35. The summed E-state index contributed by atoms with van der Waals surface area (Å²) in [6.45, 7) is 0. The largest absolute Gasteiger partial charge is 1.00 e. The summed E-state index contributed by atoms with van der Waals surface area (Å²) in [5, 5.41) is 14.9. The highest BCUT2D eigenvalue weighted by Gasteiger charge is 2.21. The summed E-state index contributed by atoms with van der Waals surface area (Å²) in [5.41, 5.74) is 0.476. The average molecular weight is 258 g/mol. The minimum Gasteiger partial charge on any atom is -1.00 e. The van der Waals surface area contributed by atoms with E-state index in [0.717, 1.165) is 5.82 Å². The predicted molar refractivity (Wildman–Crippen MR) is 59.2 cm³/mol. The lowest BCUT2D eigenvalue weighted by Gasteiger charge is -2.20. The normalized spacial score (nSPS) is 11.2. The molecule has 0 aliphatic carbocycles. The highest BCUT2D eigenvalue weighted by molar-refractivity contribution is 5.47. The van der Waals surface area contributed by atoms with Gasteiger partial charge in [0.2, 0.25) is 5.65 Å². The van der Waals surface area contributed by atoms with Gasteiger partial charge >= 0.3 is 5.82 Å². The molecule has 0 N–H and O–H groups in total. The van der Waals surface area contributed by atoms with Crippen molar-refractivity contribution in [1.29, 1.82) is 0 Å². The number of imidazole rings is 1. The molecule has 0 bridgehead atoms. The summed E-state index contributed by atoms with van der Waals surface area (Å²) >= 11 is 0. The van der Waals surface area contributed by atoms with E-state index in [-0.39, 0.29) is 18.2 Å². The van der Waals surface area contributed by atoms with E-state index >= 15 is 0 Å². The molecule has 17 heavy (non-hydrogen) atoms. The Labute approximate surface area is 104 Å². The average Bonchev–Trinajstić information content (AvgIpc) is 2.58. The van der Waals surface area contributed by atoms with Crippen molar-refractivity contribution in [2.45, 2.75) is 0 Å². The quantitative estimate of drug-likeness (QED) is 0.349. The van der Waals surface area contributed by atoms with E-state index in [4.69, 9.17) is 0 Å². The van der Waals surface area contributed by atoms with Crippen LogP contribution >= 0.6 is 0 Å². The van der Waals surface area contributed by atoms with Crippen LogP contribution in [0.1, 0.15) is 0 Å². The van der Waals surface area contributed by atoms with E-state index < -0.39 is 4.92 Å². The van der Waals surface area contributed by atoms with Crippen LogP contribution in [0.5, 0.6) is 0 Å².